The summed E-state index contributed by atoms with van der Waals surface area (Å²) in [5.74, 6) is 0.832. The number of rotatable bonds is 4. The van der Waals surface area contributed by atoms with Crippen LogP contribution in [-0.4, -0.2) is 28.1 Å². The van der Waals surface area contributed by atoms with Gasteiger partial charge in [0, 0.05) is 18.9 Å². The van der Waals surface area contributed by atoms with Crippen LogP contribution in [0.25, 0.3) is 0 Å². The third-order valence-electron chi connectivity index (χ3n) is 3.16. The molecule has 0 aromatic carbocycles. The van der Waals surface area contributed by atoms with E-state index in [0.717, 1.165) is 13.0 Å². The van der Waals surface area contributed by atoms with E-state index in [1.54, 1.807) is 29.3 Å². The molecule has 0 saturated carbocycles. The summed E-state index contributed by atoms with van der Waals surface area (Å²) in [4.78, 5) is 18.1. The van der Waals surface area contributed by atoms with Crippen LogP contribution in [-0.2, 0) is 11.2 Å². The monoisotopic (exact) mass is 290 g/mol. The number of thiophene rings is 1. The molecule has 0 radical (unpaired) electrons. The Kier molecular flexibility index (Phi) is 3.84. The average Bonchev–Trinajstić information content (AvgIpc) is 3.07. The van der Waals surface area contributed by atoms with E-state index in [2.05, 4.69) is 27.9 Å². The molecule has 1 fully saturated rings. The van der Waals surface area contributed by atoms with Crippen molar-refractivity contribution in [2.75, 3.05) is 12.3 Å². The van der Waals surface area contributed by atoms with Crippen LogP contribution in [0.5, 0.6) is 0 Å². The third kappa shape index (κ3) is 2.82. The third-order valence-corrected chi connectivity index (χ3v) is 5.12. The zero-order valence-corrected chi connectivity index (χ0v) is 12.0. The first kappa shape index (κ1) is 12.7. The van der Waals surface area contributed by atoms with Gasteiger partial charge in [-0.15, -0.1) is 11.8 Å². The minimum absolute atomic E-state index is 0.190. The van der Waals surface area contributed by atoms with Gasteiger partial charge in [-0.05, 0) is 40.4 Å². The highest BCUT2D eigenvalue weighted by Gasteiger charge is 2.32. The van der Waals surface area contributed by atoms with E-state index < -0.39 is 0 Å². The van der Waals surface area contributed by atoms with Gasteiger partial charge in [0.15, 0.2) is 0 Å². The summed E-state index contributed by atoms with van der Waals surface area (Å²) >= 11 is 3.40. The second kappa shape index (κ2) is 5.75. The van der Waals surface area contributed by atoms with Crippen molar-refractivity contribution in [3.8, 4) is 0 Å². The molecule has 3 nitrogen and oxygen atoms in total. The molecule has 0 spiro atoms. The fourth-order valence-corrected chi connectivity index (χ4v) is 4.16. The van der Waals surface area contributed by atoms with Gasteiger partial charge in [-0.25, -0.2) is 0 Å². The fourth-order valence-electron chi connectivity index (χ4n) is 2.18. The van der Waals surface area contributed by atoms with Crippen molar-refractivity contribution in [3.63, 3.8) is 0 Å². The molecular formula is C14H14N2OS2. The van der Waals surface area contributed by atoms with Crippen molar-refractivity contribution >= 4 is 29.0 Å². The average molecular weight is 290 g/mol. The van der Waals surface area contributed by atoms with E-state index >= 15 is 0 Å². The van der Waals surface area contributed by atoms with Crippen LogP contribution in [0.1, 0.15) is 16.5 Å². The first-order valence-electron chi connectivity index (χ1n) is 6.16. The minimum Gasteiger partial charge on any atom is -0.325 e. The Hall–Kier alpha value is -1.33. The molecule has 1 saturated heterocycles. The first-order chi connectivity index (χ1) is 9.34. The van der Waals surface area contributed by atoms with Crippen LogP contribution in [0.15, 0.2) is 41.4 Å². The summed E-state index contributed by atoms with van der Waals surface area (Å²) in [5, 5.41) is 4.39. The second-order valence-electron chi connectivity index (χ2n) is 4.42. The molecule has 0 bridgehead atoms. The van der Waals surface area contributed by atoms with Gasteiger partial charge in [-0.2, -0.15) is 11.3 Å². The molecule has 0 N–H and O–H groups in total. The van der Waals surface area contributed by atoms with Crippen molar-refractivity contribution in [1.29, 1.82) is 0 Å². The van der Waals surface area contributed by atoms with Gasteiger partial charge in [0.25, 0.3) is 0 Å². The number of carbonyl (C=O) groups is 1. The Morgan fingerprint density at radius 2 is 2.37 bits per heavy atom. The summed E-state index contributed by atoms with van der Waals surface area (Å²) in [6, 6.07) is 6.10. The molecule has 98 valence electrons. The van der Waals surface area contributed by atoms with Gasteiger partial charge in [-0.1, -0.05) is 6.07 Å². The molecule has 0 aliphatic carbocycles. The number of amides is 1. The van der Waals surface area contributed by atoms with Crippen LogP contribution in [0.3, 0.4) is 0 Å². The Morgan fingerprint density at radius 1 is 1.42 bits per heavy atom. The predicted molar refractivity (Wildman–Crippen MR) is 79.2 cm³/mol. The van der Waals surface area contributed by atoms with Gasteiger partial charge in [0.1, 0.15) is 5.37 Å². The summed E-state index contributed by atoms with van der Waals surface area (Å²) in [5.41, 5.74) is 2.42. The Labute approximate surface area is 120 Å². The SMILES string of the molecule is O=C1CSC(c2ccsc2)N1CCc1cccnc1. The number of thioether (sulfide) groups is 1. The standard InChI is InChI=1S/C14H14N2OS2/c17-13-10-19-14(12-4-7-18-9-12)16(13)6-3-11-2-1-5-15-8-11/h1-2,4-5,7-9,14H,3,6,10H2. The smallest absolute Gasteiger partial charge is 0.233 e. The lowest BCUT2D eigenvalue weighted by Crippen LogP contribution is -2.30. The quantitative estimate of drug-likeness (QED) is 0.868. The molecule has 19 heavy (non-hydrogen) atoms. The highest BCUT2D eigenvalue weighted by molar-refractivity contribution is 8.00. The molecule has 3 rings (SSSR count). The molecule has 1 aliphatic rings. The van der Waals surface area contributed by atoms with E-state index in [1.165, 1.54) is 11.1 Å². The Bertz CT molecular complexity index is 542. The second-order valence-corrected chi connectivity index (χ2v) is 6.27. The number of nitrogens with zero attached hydrogens (tertiary/aromatic N) is 2. The maximum Gasteiger partial charge on any atom is 0.233 e. The van der Waals surface area contributed by atoms with Crippen LogP contribution in [0.2, 0.25) is 0 Å². The molecule has 1 unspecified atom stereocenters. The fraction of sp³-hybridized carbons (Fsp3) is 0.286. The van der Waals surface area contributed by atoms with Gasteiger partial charge in [0.05, 0.1) is 5.75 Å². The van der Waals surface area contributed by atoms with E-state index in [4.69, 9.17) is 0 Å². The summed E-state index contributed by atoms with van der Waals surface area (Å²) in [6.45, 7) is 0.762. The molecule has 1 amide bonds. The largest absolute Gasteiger partial charge is 0.325 e. The normalized spacial score (nSPS) is 19.1. The van der Waals surface area contributed by atoms with Crippen LogP contribution in [0, 0.1) is 0 Å². The maximum atomic E-state index is 12.0. The van der Waals surface area contributed by atoms with Crippen molar-refractivity contribution in [3.05, 3.63) is 52.5 Å². The number of hydrogen-bond acceptors (Lipinski definition) is 4. The van der Waals surface area contributed by atoms with Crippen LogP contribution >= 0.6 is 23.1 Å². The minimum atomic E-state index is 0.190. The molecule has 3 heterocycles. The highest BCUT2D eigenvalue weighted by Crippen LogP contribution is 2.39. The lowest BCUT2D eigenvalue weighted by molar-refractivity contribution is -0.128. The van der Waals surface area contributed by atoms with Crippen molar-refractivity contribution in [2.45, 2.75) is 11.8 Å². The van der Waals surface area contributed by atoms with E-state index in [-0.39, 0.29) is 11.3 Å². The van der Waals surface area contributed by atoms with Crippen molar-refractivity contribution < 1.29 is 4.79 Å². The molecule has 2 aromatic heterocycles. The van der Waals surface area contributed by atoms with Crippen LogP contribution < -0.4 is 0 Å². The number of hydrogen-bond donors (Lipinski definition) is 0. The van der Waals surface area contributed by atoms with E-state index in [0.29, 0.717) is 5.75 Å². The molecule has 1 atom stereocenters. The van der Waals surface area contributed by atoms with Gasteiger partial charge in [0.2, 0.25) is 5.91 Å². The van der Waals surface area contributed by atoms with E-state index in [9.17, 15) is 4.79 Å². The summed E-state index contributed by atoms with van der Waals surface area (Å²) in [7, 11) is 0. The number of pyridine rings is 1. The Morgan fingerprint density at radius 3 is 3.11 bits per heavy atom. The molecule has 2 aromatic rings. The predicted octanol–water partition coefficient (Wildman–Crippen LogP) is 2.96. The van der Waals surface area contributed by atoms with E-state index in [1.807, 2.05) is 17.2 Å². The molecule has 1 aliphatic heterocycles. The lowest BCUT2D eigenvalue weighted by Gasteiger charge is -2.23. The van der Waals surface area contributed by atoms with Gasteiger partial charge in [-0.3, -0.25) is 9.78 Å². The van der Waals surface area contributed by atoms with Crippen LogP contribution in [0.4, 0.5) is 0 Å². The maximum absolute atomic E-state index is 12.0. The summed E-state index contributed by atoms with van der Waals surface area (Å²) < 4.78 is 0. The Balaban J connectivity index is 1.69. The van der Waals surface area contributed by atoms with Crippen molar-refractivity contribution in [1.82, 2.24) is 9.88 Å². The first-order valence-corrected chi connectivity index (χ1v) is 8.16. The van der Waals surface area contributed by atoms with Crippen molar-refractivity contribution in [2.24, 2.45) is 0 Å². The number of carbonyl (C=O) groups excluding carboxylic acids is 1. The summed E-state index contributed by atoms with van der Waals surface area (Å²) in [6.07, 6.45) is 4.50. The molecular weight excluding hydrogens is 276 g/mol. The lowest BCUT2D eigenvalue weighted by atomic mass is 10.2. The highest BCUT2D eigenvalue weighted by atomic mass is 32.2. The van der Waals surface area contributed by atoms with Gasteiger partial charge < -0.3 is 4.90 Å². The number of aromatic nitrogens is 1. The topological polar surface area (TPSA) is 33.2 Å². The van der Waals surface area contributed by atoms with Gasteiger partial charge >= 0.3 is 0 Å². The molecule has 5 heteroatoms. The zero-order valence-electron chi connectivity index (χ0n) is 10.4. The zero-order chi connectivity index (χ0) is 13.1.